The minimum absolute atomic E-state index is 0. The number of unbranched alkanes of at least 4 members (excludes halogenated alkanes) is 2. The smallest absolute Gasteiger partial charge is 0 e. The standard InChI is InChI=1S/2C4H7.Pd/c2*1-3-4-2;/h2*3-4H,1H2,2H3;. The Morgan fingerprint density at radius 1 is 0.889 bits per heavy atom. The SMILES string of the molecule is [CH2][CH][CH]C.[CH2][CH][CH]C.[Pd]. The summed E-state index contributed by atoms with van der Waals surface area (Å²) in [6.45, 7) is 10.7. The van der Waals surface area contributed by atoms with Gasteiger partial charge in [0.15, 0.2) is 0 Å². The van der Waals surface area contributed by atoms with Gasteiger partial charge in [-0.25, -0.2) is 0 Å². The van der Waals surface area contributed by atoms with Crippen LogP contribution in [0.5, 0.6) is 0 Å². The largest absolute Gasteiger partial charge is 0.0620 e. The first-order valence-electron chi connectivity index (χ1n) is 2.64. The third-order valence-electron chi connectivity index (χ3n) is 0.471. The molecule has 0 saturated carbocycles. The van der Waals surface area contributed by atoms with Crippen molar-refractivity contribution in [1.82, 2.24) is 0 Å². The van der Waals surface area contributed by atoms with Gasteiger partial charge in [0.1, 0.15) is 0 Å². The quantitative estimate of drug-likeness (QED) is 0.623. The van der Waals surface area contributed by atoms with Gasteiger partial charge in [0.25, 0.3) is 0 Å². The average Bonchev–Trinajstić information content (AvgIpc) is 1.88. The van der Waals surface area contributed by atoms with E-state index in [-0.39, 0.29) is 20.4 Å². The molecule has 0 aromatic carbocycles. The van der Waals surface area contributed by atoms with Crippen molar-refractivity contribution in [2.75, 3.05) is 0 Å². The van der Waals surface area contributed by atoms with E-state index in [0.717, 1.165) is 0 Å². The molecule has 0 aliphatic heterocycles. The van der Waals surface area contributed by atoms with Crippen LogP contribution in [0.4, 0.5) is 0 Å². The van der Waals surface area contributed by atoms with Crippen LogP contribution in [0.3, 0.4) is 0 Å². The van der Waals surface area contributed by atoms with Crippen molar-refractivity contribution in [2.45, 2.75) is 13.8 Å². The van der Waals surface area contributed by atoms with E-state index in [4.69, 9.17) is 0 Å². The van der Waals surface area contributed by atoms with Crippen LogP contribution in [0, 0.1) is 39.5 Å². The molecule has 9 heavy (non-hydrogen) atoms. The molecule has 0 aliphatic carbocycles. The third kappa shape index (κ3) is 54.2. The summed E-state index contributed by atoms with van der Waals surface area (Å²) in [6.07, 6.45) is 7.28. The van der Waals surface area contributed by atoms with E-state index in [1.54, 1.807) is 12.8 Å². The molecular weight excluding hydrogens is 203 g/mol. The van der Waals surface area contributed by atoms with Gasteiger partial charge in [0.2, 0.25) is 0 Å². The molecule has 0 N–H and O–H groups in total. The van der Waals surface area contributed by atoms with Crippen LogP contribution in [-0.4, -0.2) is 0 Å². The summed E-state index contributed by atoms with van der Waals surface area (Å²) >= 11 is 0. The summed E-state index contributed by atoms with van der Waals surface area (Å²) in [7, 11) is 0. The second kappa shape index (κ2) is 23.4. The second-order valence-electron chi connectivity index (χ2n) is 1.14. The van der Waals surface area contributed by atoms with Crippen molar-refractivity contribution < 1.29 is 20.4 Å². The van der Waals surface area contributed by atoms with Gasteiger partial charge in [-0.15, -0.1) is 0 Å². The summed E-state index contributed by atoms with van der Waals surface area (Å²) < 4.78 is 0. The maximum atomic E-state index is 3.42. The summed E-state index contributed by atoms with van der Waals surface area (Å²) in [5, 5.41) is 0. The fourth-order valence-electron chi connectivity index (χ4n) is 0. The molecule has 0 unspecified atom stereocenters. The molecule has 0 amide bonds. The Labute approximate surface area is 74.1 Å². The zero-order valence-electron chi connectivity index (χ0n) is 6.04. The van der Waals surface area contributed by atoms with E-state index in [0.29, 0.717) is 0 Å². The van der Waals surface area contributed by atoms with Crippen LogP contribution in [0.1, 0.15) is 13.8 Å². The molecule has 0 rings (SSSR count). The minimum atomic E-state index is 0. The van der Waals surface area contributed by atoms with Gasteiger partial charge in [0, 0.05) is 20.4 Å². The van der Waals surface area contributed by atoms with E-state index < -0.39 is 0 Å². The first-order valence-corrected chi connectivity index (χ1v) is 2.64. The monoisotopic (exact) mass is 216 g/mol. The Morgan fingerprint density at radius 2 is 1.00 bits per heavy atom. The van der Waals surface area contributed by atoms with Gasteiger partial charge in [-0.1, -0.05) is 13.8 Å². The van der Waals surface area contributed by atoms with Gasteiger partial charge in [-0.2, -0.15) is 0 Å². The summed E-state index contributed by atoms with van der Waals surface area (Å²) in [4.78, 5) is 0. The van der Waals surface area contributed by atoms with Gasteiger partial charge in [0.05, 0.1) is 0 Å². The van der Waals surface area contributed by atoms with Crippen molar-refractivity contribution in [2.24, 2.45) is 0 Å². The molecule has 0 aliphatic rings. The fourth-order valence-corrected chi connectivity index (χ4v) is 0. The van der Waals surface area contributed by atoms with E-state index in [1.165, 1.54) is 0 Å². The molecule has 0 aromatic rings. The number of hydrogen-bond acceptors (Lipinski definition) is 0. The number of hydrogen-bond donors (Lipinski definition) is 0. The zero-order chi connectivity index (χ0) is 6.83. The fraction of sp³-hybridized carbons (Fsp3) is 0.250. The first kappa shape index (κ1) is 16.3. The maximum absolute atomic E-state index is 3.42. The minimum Gasteiger partial charge on any atom is -0.0620 e. The molecule has 0 fully saturated rings. The topological polar surface area (TPSA) is 0 Å². The van der Waals surface area contributed by atoms with E-state index >= 15 is 0 Å². The zero-order valence-corrected chi connectivity index (χ0v) is 7.59. The molecule has 0 saturated heterocycles. The van der Waals surface area contributed by atoms with Crippen molar-refractivity contribution in [1.29, 1.82) is 0 Å². The first-order chi connectivity index (χ1) is 3.83. The average molecular weight is 217 g/mol. The van der Waals surface area contributed by atoms with Crippen molar-refractivity contribution in [3.8, 4) is 0 Å². The molecule has 0 bridgehead atoms. The van der Waals surface area contributed by atoms with Crippen LogP contribution in [-0.2, 0) is 20.4 Å². The molecule has 0 heterocycles. The second-order valence-corrected chi connectivity index (χ2v) is 1.14. The van der Waals surface area contributed by atoms with E-state index in [1.807, 2.05) is 26.7 Å². The van der Waals surface area contributed by atoms with Crippen molar-refractivity contribution >= 4 is 0 Å². The third-order valence-corrected chi connectivity index (χ3v) is 0.471. The predicted octanol–water partition coefficient (Wildman–Crippen LogP) is 2.50. The van der Waals surface area contributed by atoms with Crippen molar-refractivity contribution in [3.63, 3.8) is 0 Å². The predicted molar refractivity (Wildman–Crippen MR) is 39.3 cm³/mol. The van der Waals surface area contributed by atoms with Crippen LogP contribution >= 0.6 is 0 Å². The van der Waals surface area contributed by atoms with Crippen LogP contribution in [0.15, 0.2) is 0 Å². The van der Waals surface area contributed by atoms with Crippen LogP contribution in [0.25, 0.3) is 0 Å². The molecule has 6 radical (unpaired) electrons. The Kier molecular flexibility index (Phi) is 42.5. The maximum Gasteiger partial charge on any atom is 0 e. The molecule has 1 heteroatoms. The van der Waals surface area contributed by atoms with Crippen LogP contribution < -0.4 is 0 Å². The molecule has 0 aromatic heterocycles. The molecule has 0 spiro atoms. The van der Waals surface area contributed by atoms with E-state index in [2.05, 4.69) is 13.8 Å². The molecule has 0 atom stereocenters. The van der Waals surface area contributed by atoms with E-state index in [9.17, 15) is 0 Å². The summed E-state index contributed by atoms with van der Waals surface area (Å²) in [5.41, 5.74) is 0. The molecule has 56 valence electrons. The van der Waals surface area contributed by atoms with Gasteiger partial charge in [-0.05, 0) is 39.5 Å². The Morgan fingerprint density at radius 3 is 1.00 bits per heavy atom. The van der Waals surface area contributed by atoms with Crippen LogP contribution in [0.2, 0.25) is 0 Å². The normalized spacial score (nSPS) is 6.67. The van der Waals surface area contributed by atoms with Gasteiger partial charge in [-0.3, -0.25) is 0 Å². The summed E-state index contributed by atoms with van der Waals surface area (Å²) in [5.74, 6) is 0. The summed E-state index contributed by atoms with van der Waals surface area (Å²) in [6, 6.07) is 0. The Balaban J connectivity index is -0.0000000720. The molecular formula is C8H14Pd. The Bertz CT molecular complexity index is 12.5. The van der Waals surface area contributed by atoms with Gasteiger partial charge >= 0.3 is 0 Å². The van der Waals surface area contributed by atoms with Gasteiger partial charge < -0.3 is 0 Å². The number of rotatable bonds is 2. The van der Waals surface area contributed by atoms with Crippen molar-refractivity contribution in [3.05, 3.63) is 39.5 Å². The Hall–Kier alpha value is 0.662. The molecule has 0 nitrogen and oxygen atoms in total.